The zero-order chi connectivity index (χ0) is 32.3. The topological polar surface area (TPSA) is 139 Å². The third-order valence-electron chi connectivity index (χ3n) is 8.14. The molecule has 45 heavy (non-hydrogen) atoms. The van der Waals surface area contributed by atoms with Crippen LogP contribution >= 0.6 is 0 Å². The summed E-state index contributed by atoms with van der Waals surface area (Å²) in [6.45, 7) is 4.73. The number of hydrogen-bond donors (Lipinski definition) is 0. The van der Waals surface area contributed by atoms with Crippen LogP contribution in [0.2, 0.25) is 0 Å². The maximum Gasteiger partial charge on any atom is 0.416 e. The van der Waals surface area contributed by atoms with Gasteiger partial charge in [0, 0.05) is 45.1 Å². The number of carbonyl (C=O) groups excluding carboxylic acids is 4. The molecule has 0 aromatic heterocycles. The molecule has 3 aliphatic heterocycles. The van der Waals surface area contributed by atoms with Crippen LogP contribution in [0.3, 0.4) is 0 Å². The van der Waals surface area contributed by atoms with E-state index in [1.165, 1.54) is 32.3 Å². The van der Waals surface area contributed by atoms with Crippen LogP contribution in [-0.4, -0.2) is 101 Å². The van der Waals surface area contributed by atoms with Gasteiger partial charge in [-0.15, -0.1) is 0 Å². The number of hydrogen-bond acceptors (Lipinski definition) is 11. The number of amides is 2. The van der Waals surface area contributed by atoms with Gasteiger partial charge >= 0.3 is 12.1 Å². The molecule has 3 aliphatic rings. The second kappa shape index (κ2) is 16.6. The van der Waals surface area contributed by atoms with Gasteiger partial charge in [0.15, 0.2) is 24.0 Å². The molecule has 0 aliphatic carbocycles. The van der Waals surface area contributed by atoms with Crippen LogP contribution in [0.4, 0.5) is 10.5 Å². The SMILES string of the molecule is C=CCOC(=O)N1c2cc(OC)c(OC)cc2C(=O)N2CC[C@H](OCCCC(=O)CCCC(=O)OC)[C@H]2C1OC1CCCCO1. The Balaban J connectivity index is 1.61. The van der Waals surface area contributed by atoms with E-state index < -0.39 is 30.8 Å². The van der Waals surface area contributed by atoms with Crippen molar-refractivity contribution in [2.24, 2.45) is 0 Å². The summed E-state index contributed by atoms with van der Waals surface area (Å²) in [5.74, 6) is 0.0280. The Hall–Kier alpha value is -3.68. The monoisotopic (exact) mass is 632 g/mol. The third kappa shape index (κ3) is 8.33. The molecule has 2 saturated heterocycles. The number of Topliss-reactive ketones (excluding diaryl/α,β-unsaturated/α-hetero) is 1. The molecule has 0 radical (unpaired) electrons. The Morgan fingerprint density at radius 2 is 1.78 bits per heavy atom. The first kappa shape index (κ1) is 34.2. The standard InChI is InChI=1S/C32H44N2O11/c1-5-16-44-32(38)34-23-20-26(40-3)25(39-2)19-22(23)30(37)33-15-14-24(29(33)31(34)45-28-13-6-7-17-43-28)42-18-9-11-21(35)10-8-12-27(36)41-4/h5,19-20,24,28-29,31H,1,6-18H2,2-4H3/t24-,28?,29-,31?/m0/s1. The van der Waals surface area contributed by atoms with Crippen LogP contribution in [-0.2, 0) is 33.3 Å². The van der Waals surface area contributed by atoms with Gasteiger partial charge in [-0.2, -0.15) is 0 Å². The van der Waals surface area contributed by atoms with E-state index in [0.717, 1.165) is 12.8 Å². The number of rotatable bonds is 15. The fourth-order valence-corrected chi connectivity index (χ4v) is 5.91. The molecule has 1 aromatic rings. The van der Waals surface area contributed by atoms with Gasteiger partial charge in [0.1, 0.15) is 18.4 Å². The Kier molecular flexibility index (Phi) is 12.6. The molecular weight excluding hydrogens is 588 g/mol. The summed E-state index contributed by atoms with van der Waals surface area (Å²) >= 11 is 0. The Morgan fingerprint density at radius 1 is 1.02 bits per heavy atom. The molecule has 0 saturated carbocycles. The highest BCUT2D eigenvalue weighted by Gasteiger charge is 2.52. The fraction of sp³-hybridized carbons (Fsp3) is 0.625. The van der Waals surface area contributed by atoms with E-state index in [2.05, 4.69) is 11.3 Å². The van der Waals surface area contributed by atoms with Crippen molar-refractivity contribution < 1.29 is 52.3 Å². The zero-order valence-corrected chi connectivity index (χ0v) is 26.3. The Labute approximate surface area is 263 Å². The van der Waals surface area contributed by atoms with Gasteiger partial charge in [0.25, 0.3) is 5.91 Å². The van der Waals surface area contributed by atoms with Crippen molar-refractivity contribution in [2.45, 2.75) is 82.5 Å². The molecule has 0 N–H and O–H groups in total. The first-order chi connectivity index (χ1) is 21.8. The number of fused-ring (bicyclic) bond motifs is 2. The lowest BCUT2D eigenvalue weighted by Gasteiger charge is -2.39. The second-order valence-corrected chi connectivity index (χ2v) is 11.0. The van der Waals surface area contributed by atoms with Gasteiger partial charge in [-0.1, -0.05) is 12.7 Å². The predicted molar refractivity (Wildman–Crippen MR) is 161 cm³/mol. The minimum atomic E-state index is -1.03. The lowest BCUT2D eigenvalue weighted by Crippen LogP contribution is -2.57. The lowest BCUT2D eigenvalue weighted by atomic mass is 10.1. The summed E-state index contributed by atoms with van der Waals surface area (Å²) in [5, 5.41) is 0. The highest BCUT2D eigenvalue weighted by molar-refractivity contribution is 6.06. The summed E-state index contributed by atoms with van der Waals surface area (Å²) in [7, 11) is 4.26. The number of nitrogens with zero attached hydrogens (tertiary/aromatic N) is 2. The van der Waals surface area contributed by atoms with E-state index in [1.807, 2.05) is 0 Å². The molecule has 248 valence electrons. The molecular formula is C32H44N2O11. The van der Waals surface area contributed by atoms with Crippen molar-refractivity contribution >= 4 is 29.4 Å². The van der Waals surface area contributed by atoms with Gasteiger partial charge in [-0.25, -0.2) is 9.69 Å². The minimum absolute atomic E-state index is 0.0327. The van der Waals surface area contributed by atoms with E-state index >= 15 is 0 Å². The Bertz CT molecular complexity index is 1220. The van der Waals surface area contributed by atoms with Crippen LogP contribution in [0, 0.1) is 0 Å². The molecule has 13 nitrogen and oxygen atoms in total. The summed E-state index contributed by atoms with van der Waals surface area (Å²) in [5.41, 5.74) is 0.472. The molecule has 0 bridgehead atoms. The lowest BCUT2D eigenvalue weighted by molar-refractivity contribution is -0.201. The summed E-state index contributed by atoms with van der Waals surface area (Å²) in [6.07, 6.45) is 3.16. The van der Waals surface area contributed by atoms with Crippen molar-refractivity contribution in [1.29, 1.82) is 0 Å². The molecule has 3 heterocycles. The average molecular weight is 633 g/mol. The number of esters is 1. The molecule has 0 spiro atoms. The molecule has 2 amide bonds. The van der Waals surface area contributed by atoms with E-state index in [4.69, 9.17) is 28.4 Å². The third-order valence-corrected chi connectivity index (χ3v) is 8.14. The van der Waals surface area contributed by atoms with Crippen molar-refractivity contribution in [3.05, 3.63) is 30.4 Å². The summed E-state index contributed by atoms with van der Waals surface area (Å²) < 4.78 is 40.0. The maximum atomic E-state index is 14.2. The highest BCUT2D eigenvalue weighted by Crippen LogP contribution is 2.43. The van der Waals surface area contributed by atoms with E-state index in [0.29, 0.717) is 56.8 Å². The molecule has 1 aromatic carbocycles. The van der Waals surface area contributed by atoms with Gasteiger partial charge in [0.05, 0.1) is 38.7 Å². The van der Waals surface area contributed by atoms with Gasteiger partial charge in [-0.3, -0.25) is 14.4 Å². The van der Waals surface area contributed by atoms with Gasteiger partial charge in [0.2, 0.25) is 0 Å². The summed E-state index contributed by atoms with van der Waals surface area (Å²) in [4.78, 5) is 54.6. The quantitative estimate of drug-likeness (QED) is 0.157. The summed E-state index contributed by atoms with van der Waals surface area (Å²) in [6, 6.07) is 2.42. The van der Waals surface area contributed by atoms with Crippen LogP contribution < -0.4 is 14.4 Å². The van der Waals surface area contributed by atoms with Crippen LogP contribution in [0.25, 0.3) is 0 Å². The van der Waals surface area contributed by atoms with Crippen LogP contribution in [0.1, 0.15) is 68.1 Å². The number of ketones is 1. The number of anilines is 1. The predicted octanol–water partition coefficient (Wildman–Crippen LogP) is 4.01. The highest BCUT2D eigenvalue weighted by atomic mass is 16.7. The van der Waals surface area contributed by atoms with Gasteiger partial charge < -0.3 is 38.1 Å². The van der Waals surface area contributed by atoms with Crippen molar-refractivity contribution in [3.8, 4) is 11.5 Å². The van der Waals surface area contributed by atoms with E-state index in [9.17, 15) is 19.2 Å². The van der Waals surface area contributed by atoms with Crippen molar-refractivity contribution in [2.75, 3.05) is 52.6 Å². The van der Waals surface area contributed by atoms with Crippen molar-refractivity contribution in [3.63, 3.8) is 0 Å². The average Bonchev–Trinajstić information content (AvgIpc) is 3.45. The van der Waals surface area contributed by atoms with Crippen LogP contribution in [0.15, 0.2) is 24.8 Å². The fourth-order valence-electron chi connectivity index (χ4n) is 5.91. The maximum absolute atomic E-state index is 14.2. The smallest absolute Gasteiger partial charge is 0.416 e. The molecule has 4 atom stereocenters. The molecule has 2 unspecified atom stereocenters. The largest absolute Gasteiger partial charge is 0.493 e. The molecule has 13 heteroatoms. The first-order valence-electron chi connectivity index (χ1n) is 15.4. The van der Waals surface area contributed by atoms with E-state index in [1.54, 1.807) is 17.0 Å². The van der Waals surface area contributed by atoms with Crippen molar-refractivity contribution in [1.82, 2.24) is 4.90 Å². The first-order valence-corrected chi connectivity index (χ1v) is 15.4. The number of benzene rings is 1. The normalized spacial score (nSPS) is 22.6. The number of carbonyl (C=O) groups is 4. The zero-order valence-electron chi connectivity index (χ0n) is 26.3. The minimum Gasteiger partial charge on any atom is -0.493 e. The molecule has 4 rings (SSSR count). The van der Waals surface area contributed by atoms with Gasteiger partial charge in [-0.05, 0) is 44.6 Å². The van der Waals surface area contributed by atoms with Crippen LogP contribution in [0.5, 0.6) is 11.5 Å². The number of methoxy groups -OCH3 is 3. The number of ether oxygens (including phenoxy) is 7. The molecule has 2 fully saturated rings. The van der Waals surface area contributed by atoms with E-state index in [-0.39, 0.29) is 55.0 Å². The Morgan fingerprint density at radius 3 is 2.47 bits per heavy atom. The second-order valence-electron chi connectivity index (χ2n) is 11.0.